The summed E-state index contributed by atoms with van der Waals surface area (Å²) in [5.41, 5.74) is 6.91. The molecule has 2 heterocycles. The Morgan fingerprint density at radius 1 is 1.12 bits per heavy atom. The molecule has 1 atom stereocenters. The monoisotopic (exact) mass is 463 g/mol. The second-order valence-electron chi connectivity index (χ2n) is 6.89. The van der Waals surface area contributed by atoms with E-state index in [-0.39, 0.29) is 6.04 Å². The first-order valence-electron chi connectivity index (χ1n) is 9.07. The quantitative estimate of drug-likeness (QED) is 0.719. The summed E-state index contributed by atoms with van der Waals surface area (Å²) in [6.07, 6.45) is 5.15. The maximum atomic E-state index is 4.89. The zero-order valence-corrected chi connectivity index (χ0v) is 17.7. The van der Waals surface area contributed by atoms with Crippen molar-refractivity contribution in [2.24, 2.45) is 0 Å². The number of hydrogen-bond donors (Lipinski definition) is 1. The standard InChI is InChI=1S/C20H23Br2N3/c1-2-13-9-14-3-4-15-11-16(21)12-24-19(15)20(18(14)17(22)10-13)25-7-5-23-6-8-25/h9-12,20,23H,2-8H2,1H3/t20-/m1/s1. The fourth-order valence-corrected chi connectivity index (χ4v) is 5.24. The van der Waals surface area contributed by atoms with Crippen molar-refractivity contribution in [2.45, 2.75) is 32.2 Å². The van der Waals surface area contributed by atoms with Gasteiger partial charge in [-0.15, -0.1) is 0 Å². The fourth-order valence-electron chi connectivity index (χ4n) is 4.09. The third kappa shape index (κ3) is 3.44. The van der Waals surface area contributed by atoms with Gasteiger partial charge in [0.05, 0.1) is 11.7 Å². The molecule has 3 nitrogen and oxygen atoms in total. The molecule has 1 aromatic heterocycles. The SMILES string of the molecule is CCc1cc(Br)c2c(c1)CCc1cc(Br)cnc1[C@@H]2N1CCNCC1. The predicted molar refractivity (Wildman–Crippen MR) is 109 cm³/mol. The van der Waals surface area contributed by atoms with Crippen LogP contribution >= 0.6 is 31.9 Å². The average Bonchev–Trinajstić information content (AvgIpc) is 2.79. The van der Waals surface area contributed by atoms with E-state index in [4.69, 9.17) is 4.98 Å². The van der Waals surface area contributed by atoms with Crippen LogP contribution in [0.2, 0.25) is 0 Å². The van der Waals surface area contributed by atoms with Crippen LogP contribution in [0.3, 0.4) is 0 Å². The van der Waals surface area contributed by atoms with Gasteiger partial charge in [-0.3, -0.25) is 9.88 Å². The Balaban J connectivity index is 1.90. The highest BCUT2D eigenvalue weighted by Crippen LogP contribution is 2.40. The van der Waals surface area contributed by atoms with Gasteiger partial charge < -0.3 is 5.32 Å². The van der Waals surface area contributed by atoms with Gasteiger partial charge in [-0.25, -0.2) is 0 Å². The second kappa shape index (κ2) is 7.47. The Bertz CT molecular complexity index is 785. The third-order valence-electron chi connectivity index (χ3n) is 5.36. The third-order valence-corrected chi connectivity index (χ3v) is 6.45. The van der Waals surface area contributed by atoms with E-state index in [1.54, 1.807) is 0 Å². The number of nitrogens with zero attached hydrogens (tertiary/aromatic N) is 2. The molecule has 0 bridgehead atoms. The van der Waals surface area contributed by atoms with Gasteiger partial charge in [-0.2, -0.15) is 0 Å². The molecular formula is C20H23Br2N3. The summed E-state index contributed by atoms with van der Waals surface area (Å²) >= 11 is 7.51. The van der Waals surface area contributed by atoms with Crippen LogP contribution in [0.4, 0.5) is 0 Å². The van der Waals surface area contributed by atoms with Crippen molar-refractivity contribution in [1.82, 2.24) is 15.2 Å². The number of aryl methyl sites for hydroxylation is 3. The summed E-state index contributed by atoms with van der Waals surface area (Å²) in [6.45, 7) is 6.43. The molecule has 5 heteroatoms. The Morgan fingerprint density at radius 3 is 2.64 bits per heavy atom. The summed E-state index contributed by atoms with van der Waals surface area (Å²) in [7, 11) is 0. The summed E-state index contributed by atoms with van der Waals surface area (Å²) < 4.78 is 2.31. The lowest BCUT2D eigenvalue weighted by Gasteiger charge is -2.36. The molecule has 0 unspecified atom stereocenters. The molecular weight excluding hydrogens is 442 g/mol. The smallest absolute Gasteiger partial charge is 0.0793 e. The van der Waals surface area contributed by atoms with Crippen molar-refractivity contribution in [3.05, 3.63) is 61.3 Å². The first-order chi connectivity index (χ1) is 12.2. The van der Waals surface area contributed by atoms with E-state index in [1.165, 1.54) is 32.4 Å². The molecule has 1 N–H and O–H groups in total. The summed E-state index contributed by atoms with van der Waals surface area (Å²) in [6, 6.07) is 7.22. The second-order valence-corrected chi connectivity index (χ2v) is 8.66. The van der Waals surface area contributed by atoms with Gasteiger partial charge in [0.2, 0.25) is 0 Å². The highest BCUT2D eigenvalue weighted by Gasteiger charge is 2.32. The van der Waals surface area contributed by atoms with Gasteiger partial charge >= 0.3 is 0 Å². The predicted octanol–water partition coefficient (Wildman–Crippen LogP) is 4.26. The van der Waals surface area contributed by atoms with Crippen molar-refractivity contribution in [3.63, 3.8) is 0 Å². The summed E-state index contributed by atoms with van der Waals surface area (Å²) in [5.74, 6) is 0. The lowest BCUT2D eigenvalue weighted by Crippen LogP contribution is -2.45. The molecule has 1 aromatic carbocycles. The molecule has 0 saturated carbocycles. The zero-order valence-electron chi connectivity index (χ0n) is 14.5. The first-order valence-corrected chi connectivity index (χ1v) is 10.7. The van der Waals surface area contributed by atoms with E-state index < -0.39 is 0 Å². The van der Waals surface area contributed by atoms with Gasteiger partial charge in [0.25, 0.3) is 0 Å². The minimum Gasteiger partial charge on any atom is -0.314 e. The largest absolute Gasteiger partial charge is 0.314 e. The summed E-state index contributed by atoms with van der Waals surface area (Å²) in [5, 5.41) is 3.48. The number of pyridine rings is 1. The van der Waals surface area contributed by atoms with Crippen molar-refractivity contribution in [2.75, 3.05) is 26.2 Å². The molecule has 1 saturated heterocycles. The topological polar surface area (TPSA) is 28.2 Å². The Hall–Kier alpha value is -0.750. The average molecular weight is 465 g/mol. The van der Waals surface area contributed by atoms with E-state index >= 15 is 0 Å². The van der Waals surface area contributed by atoms with Gasteiger partial charge in [0.15, 0.2) is 0 Å². The van der Waals surface area contributed by atoms with Crippen LogP contribution in [-0.4, -0.2) is 36.1 Å². The maximum absolute atomic E-state index is 4.89. The number of fused-ring (bicyclic) bond motifs is 2. The number of hydrogen-bond acceptors (Lipinski definition) is 3. The van der Waals surface area contributed by atoms with Crippen LogP contribution in [0.15, 0.2) is 33.3 Å². The number of aromatic nitrogens is 1. The minimum atomic E-state index is 0.239. The Morgan fingerprint density at radius 2 is 1.88 bits per heavy atom. The fraction of sp³-hybridized carbons (Fsp3) is 0.450. The number of nitrogens with one attached hydrogen (secondary N) is 1. The van der Waals surface area contributed by atoms with Crippen LogP contribution in [0.25, 0.3) is 0 Å². The minimum absolute atomic E-state index is 0.239. The van der Waals surface area contributed by atoms with Crippen molar-refractivity contribution < 1.29 is 0 Å². The van der Waals surface area contributed by atoms with Crippen LogP contribution in [0.1, 0.15) is 40.9 Å². The first kappa shape index (κ1) is 17.7. The van der Waals surface area contributed by atoms with E-state index in [0.717, 1.165) is 49.9 Å². The molecule has 25 heavy (non-hydrogen) atoms. The zero-order chi connectivity index (χ0) is 17.4. The molecule has 1 aliphatic heterocycles. The highest BCUT2D eigenvalue weighted by atomic mass is 79.9. The number of piperazine rings is 1. The molecule has 2 aromatic rings. The maximum Gasteiger partial charge on any atom is 0.0793 e. The van der Waals surface area contributed by atoms with E-state index in [9.17, 15) is 0 Å². The molecule has 0 amide bonds. The molecule has 1 fully saturated rings. The van der Waals surface area contributed by atoms with Crippen LogP contribution in [-0.2, 0) is 19.3 Å². The van der Waals surface area contributed by atoms with E-state index in [1.807, 2.05) is 6.20 Å². The molecule has 2 aliphatic rings. The number of rotatable bonds is 2. The van der Waals surface area contributed by atoms with Gasteiger partial charge in [0, 0.05) is 41.3 Å². The normalized spacial score (nSPS) is 20.7. The van der Waals surface area contributed by atoms with Crippen LogP contribution in [0.5, 0.6) is 0 Å². The lowest BCUT2D eigenvalue weighted by atomic mass is 9.94. The van der Waals surface area contributed by atoms with E-state index in [2.05, 4.69) is 67.2 Å². The van der Waals surface area contributed by atoms with Gasteiger partial charge in [0.1, 0.15) is 0 Å². The molecule has 0 spiro atoms. The Kier molecular flexibility index (Phi) is 5.28. The molecule has 1 aliphatic carbocycles. The molecule has 132 valence electrons. The summed E-state index contributed by atoms with van der Waals surface area (Å²) in [4.78, 5) is 7.48. The number of halogens is 2. The highest BCUT2D eigenvalue weighted by molar-refractivity contribution is 9.10. The van der Waals surface area contributed by atoms with Crippen molar-refractivity contribution in [3.8, 4) is 0 Å². The van der Waals surface area contributed by atoms with Gasteiger partial charge in [-0.1, -0.05) is 28.9 Å². The molecule has 0 radical (unpaired) electrons. The lowest BCUT2D eigenvalue weighted by molar-refractivity contribution is 0.194. The van der Waals surface area contributed by atoms with Crippen LogP contribution in [0, 0.1) is 0 Å². The van der Waals surface area contributed by atoms with Crippen LogP contribution < -0.4 is 5.32 Å². The van der Waals surface area contributed by atoms with Crippen molar-refractivity contribution in [1.29, 1.82) is 0 Å². The van der Waals surface area contributed by atoms with Gasteiger partial charge in [-0.05, 0) is 69.6 Å². The molecule has 4 rings (SSSR count). The van der Waals surface area contributed by atoms with Crippen molar-refractivity contribution >= 4 is 31.9 Å². The number of benzene rings is 1. The van der Waals surface area contributed by atoms with E-state index in [0.29, 0.717) is 0 Å². The Labute approximate surface area is 166 Å².